The second-order valence-corrected chi connectivity index (χ2v) is 5.36. The molecule has 2 heterocycles. The monoisotopic (exact) mass is 263 g/mol. The van der Waals surface area contributed by atoms with Crippen molar-refractivity contribution in [2.45, 2.75) is 24.4 Å². The highest BCUT2D eigenvalue weighted by Crippen LogP contribution is 2.35. The average Bonchev–Trinajstić information content (AvgIpc) is 2.89. The lowest BCUT2D eigenvalue weighted by molar-refractivity contribution is -0.109. The van der Waals surface area contributed by atoms with Gasteiger partial charge >= 0.3 is 0 Å². The molecule has 19 heavy (non-hydrogen) atoms. The van der Waals surface area contributed by atoms with Crippen LogP contribution in [0.25, 0.3) is 0 Å². The SMILES string of the molecule is NCC1(OCC2COc3ccccc32)CCOCC1. The van der Waals surface area contributed by atoms with Gasteiger partial charge in [-0.25, -0.2) is 0 Å². The van der Waals surface area contributed by atoms with E-state index in [1.54, 1.807) is 0 Å². The summed E-state index contributed by atoms with van der Waals surface area (Å²) >= 11 is 0. The molecule has 1 fully saturated rings. The Morgan fingerprint density at radius 3 is 2.84 bits per heavy atom. The van der Waals surface area contributed by atoms with Crippen LogP contribution >= 0.6 is 0 Å². The maximum Gasteiger partial charge on any atom is 0.123 e. The Balaban J connectivity index is 1.63. The van der Waals surface area contributed by atoms with Gasteiger partial charge in [0, 0.05) is 44.1 Å². The van der Waals surface area contributed by atoms with E-state index in [1.165, 1.54) is 5.56 Å². The van der Waals surface area contributed by atoms with Crippen molar-refractivity contribution in [3.63, 3.8) is 0 Å². The second kappa shape index (κ2) is 5.49. The van der Waals surface area contributed by atoms with Crippen molar-refractivity contribution >= 4 is 0 Å². The van der Waals surface area contributed by atoms with Gasteiger partial charge in [0.1, 0.15) is 5.75 Å². The predicted octanol–water partition coefficient (Wildman–Crippen LogP) is 1.69. The second-order valence-electron chi connectivity index (χ2n) is 5.36. The molecule has 3 rings (SSSR count). The van der Waals surface area contributed by atoms with Crippen molar-refractivity contribution in [1.29, 1.82) is 0 Å². The predicted molar refractivity (Wildman–Crippen MR) is 72.5 cm³/mol. The number of hydrogen-bond acceptors (Lipinski definition) is 4. The molecule has 0 aliphatic carbocycles. The first-order valence-electron chi connectivity index (χ1n) is 6.96. The first-order chi connectivity index (χ1) is 9.33. The molecule has 1 aromatic rings. The summed E-state index contributed by atoms with van der Waals surface area (Å²) in [6, 6.07) is 8.19. The van der Waals surface area contributed by atoms with Gasteiger partial charge < -0.3 is 19.9 Å². The molecule has 4 heteroatoms. The molecule has 0 saturated carbocycles. The van der Waals surface area contributed by atoms with Crippen molar-refractivity contribution in [2.75, 3.05) is 33.0 Å². The smallest absolute Gasteiger partial charge is 0.123 e. The Morgan fingerprint density at radius 1 is 1.26 bits per heavy atom. The van der Waals surface area contributed by atoms with Gasteiger partial charge in [-0.2, -0.15) is 0 Å². The molecule has 1 aromatic carbocycles. The molecular formula is C15H21NO3. The molecule has 104 valence electrons. The lowest BCUT2D eigenvalue weighted by Gasteiger charge is -2.36. The van der Waals surface area contributed by atoms with Crippen LogP contribution in [-0.2, 0) is 9.47 Å². The molecule has 1 saturated heterocycles. The van der Waals surface area contributed by atoms with E-state index in [9.17, 15) is 0 Å². The minimum atomic E-state index is -0.199. The van der Waals surface area contributed by atoms with Crippen LogP contribution in [-0.4, -0.2) is 38.6 Å². The van der Waals surface area contributed by atoms with Crippen LogP contribution in [0.15, 0.2) is 24.3 Å². The van der Waals surface area contributed by atoms with Gasteiger partial charge in [-0.3, -0.25) is 0 Å². The van der Waals surface area contributed by atoms with Gasteiger partial charge in [0.15, 0.2) is 0 Å². The lowest BCUT2D eigenvalue weighted by Crippen LogP contribution is -2.46. The summed E-state index contributed by atoms with van der Waals surface area (Å²) in [5, 5.41) is 0. The number of nitrogens with two attached hydrogens (primary N) is 1. The van der Waals surface area contributed by atoms with Gasteiger partial charge in [0.2, 0.25) is 0 Å². The Bertz CT molecular complexity index is 429. The fourth-order valence-electron chi connectivity index (χ4n) is 2.80. The Kier molecular flexibility index (Phi) is 3.73. The quantitative estimate of drug-likeness (QED) is 0.898. The normalized spacial score (nSPS) is 24.8. The van der Waals surface area contributed by atoms with Crippen LogP contribution < -0.4 is 10.5 Å². The van der Waals surface area contributed by atoms with Crippen LogP contribution in [0.3, 0.4) is 0 Å². The first-order valence-corrected chi connectivity index (χ1v) is 6.96. The van der Waals surface area contributed by atoms with Gasteiger partial charge in [0.05, 0.1) is 18.8 Å². The van der Waals surface area contributed by atoms with E-state index >= 15 is 0 Å². The van der Waals surface area contributed by atoms with Crippen LogP contribution in [0.1, 0.15) is 24.3 Å². The highest BCUT2D eigenvalue weighted by atomic mass is 16.5. The Morgan fingerprint density at radius 2 is 2.05 bits per heavy atom. The average molecular weight is 263 g/mol. The summed E-state index contributed by atoms with van der Waals surface area (Å²) < 4.78 is 17.3. The number of fused-ring (bicyclic) bond motifs is 1. The van der Waals surface area contributed by atoms with E-state index in [0.29, 0.717) is 25.7 Å². The highest BCUT2D eigenvalue weighted by Gasteiger charge is 2.34. The van der Waals surface area contributed by atoms with Gasteiger partial charge in [-0.15, -0.1) is 0 Å². The number of hydrogen-bond donors (Lipinski definition) is 1. The summed E-state index contributed by atoms with van der Waals surface area (Å²) in [5.74, 6) is 1.31. The van der Waals surface area contributed by atoms with Gasteiger partial charge in [-0.05, 0) is 6.07 Å². The molecule has 0 radical (unpaired) electrons. The van der Waals surface area contributed by atoms with Gasteiger partial charge in [0.25, 0.3) is 0 Å². The molecular weight excluding hydrogens is 242 g/mol. The maximum atomic E-state index is 6.18. The van der Waals surface area contributed by atoms with E-state index < -0.39 is 0 Å². The summed E-state index contributed by atoms with van der Waals surface area (Å²) in [7, 11) is 0. The van der Waals surface area contributed by atoms with Crippen molar-refractivity contribution < 1.29 is 14.2 Å². The van der Waals surface area contributed by atoms with Crippen LogP contribution in [0.4, 0.5) is 0 Å². The summed E-state index contributed by atoms with van der Waals surface area (Å²) in [6.45, 7) is 3.43. The van der Waals surface area contributed by atoms with Crippen LogP contribution in [0.2, 0.25) is 0 Å². The third-order valence-corrected chi connectivity index (χ3v) is 4.17. The summed E-state index contributed by atoms with van der Waals surface area (Å²) in [6.07, 6.45) is 1.78. The molecule has 0 aromatic heterocycles. The topological polar surface area (TPSA) is 53.7 Å². The standard InChI is InChI=1S/C15H21NO3/c16-11-15(5-7-17-8-6-15)19-10-12-9-18-14-4-2-1-3-13(12)14/h1-4,12H,5-11,16H2. The minimum Gasteiger partial charge on any atom is -0.493 e. The third-order valence-electron chi connectivity index (χ3n) is 4.17. The van der Waals surface area contributed by atoms with Crippen molar-refractivity contribution in [3.8, 4) is 5.75 Å². The van der Waals surface area contributed by atoms with Crippen LogP contribution in [0, 0.1) is 0 Å². The van der Waals surface area contributed by atoms with Crippen LogP contribution in [0.5, 0.6) is 5.75 Å². The zero-order chi connectivity index (χ0) is 13.1. The van der Waals surface area contributed by atoms with Gasteiger partial charge in [-0.1, -0.05) is 18.2 Å². The van der Waals surface area contributed by atoms with E-state index in [-0.39, 0.29) is 5.60 Å². The fraction of sp³-hybridized carbons (Fsp3) is 0.600. The maximum absolute atomic E-state index is 6.18. The zero-order valence-electron chi connectivity index (χ0n) is 11.1. The number of benzene rings is 1. The van der Waals surface area contributed by atoms with Crippen molar-refractivity contribution in [1.82, 2.24) is 0 Å². The Hall–Kier alpha value is -1.10. The molecule has 0 bridgehead atoms. The third kappa shape index (κ3) is 2.61. The molecule has 1 unspecified atom stereocenters. The largest absolute Gasteiger partial charge is 0.493 e. The molecule has 2 aliphatic heterocycles. The lowest BCUT2D eigenvalue weighted by atomic mass is 9.93. The molecule has 2 N–H and O–H groups in total. The molecule has 1 atom stereocenters. The van der Waals surface area contributed by atoms with E-state index in [2.05, 4.69) is 6.07 Å². The Labute approximate surface area is 113 Å². The van der Waals surface area contributed by atoms with E-state index in [1.807, 2.05) is 18.2 Å². The van der Waals surface area contributed by atoms with Crippen molar-refractivity contribution in [2.24, 2.45) is 5.73 Å². The molecule has 0 spiro atoms. The van der Waals surface area contributed by atoms with E-state index in [0.717, 1.165) is 31.8 Å². The van der Waals surface area contributed by atoms with E-state index in [4.69, 9.17) is 19.9 Å². The fourth-order valence-corrected chi connectivity index (χ4v) is 2.80. The molecule has 2 aliphatic rings. The highest BCUT2D eigenvalue weighted by molar-refractivity contribution is 5.39. The van der Waals surface area contributed by atoms with Crippen molar-refractivity contribution in [3.05, 3.63) is 29.8 Å². The molecule has 0 amide bonds. The summed E-state index contributed by atoms with van der Waals surface area (Å²) in [5.41, 5.74) is 6.96. The molecule has 4 nitrogen and oxygen atoms in total. The minimum absolute atomic E-state index is 0.199. The number of rotatable bonds is 4. The summed E-state index contributed by atoms with van der Waals surface area (Å²) in [4.78, 5) is 0. The number of ether oxygens (including phenoxy) is 3. The number of para-hydroxylation sites is 1. The first kappa shape index (κ1) is 12.9. The zero-order valence-corrected chi connectivity index (χ0v) is 11.1.